The molecule has 3 aromatic rings. The Morgan fingerprint density at radius 1 is 1.14 bits per heavy atom. The lowest BCUT2D eigenvalue weighted by Gasteiger charge is -2.09. The number of aryl methyl sites for hydroxylation is 2. The molecule has 152 valence electrons. The second-order valence-corrected chi connectivity index (χ2v) is 9.77. The Bertz CT molecular complexity index is 1120. The molecule has 29 heavy (non-hydrogen) atoms. The second kappa shape index (κ2) is 8.75. The lowest BCUT2D eigenvalue weighted by atomic mass is 10.2. The first-order valence-corrected chi connectivity index (χ1v) is 11.7. The standard InChI is InChI=1S/C21H22N2O4S2/c1-14-4-7-17(8-5-14)27-12-21-22-16(13-28-21)10-20(24)23-19-11-18(29(3,25)26)9-6-15(19)2/h4-9,11,13H,10,12H2,1-3H3,(H,23,24). The molecular formula is C21H22N2O4S2. The van der Waals surface area contributed by atoms with Crippen molar-refractivity contribution in [1.82, 2.24) is 4.98 Å². The minimum atomic E-state index is -3.34. The number of nitrogens with one attached hydrogen (secondary N) is 1. The van der Waals surface area contributed by atoms with Gasteiger partial charge < -0.3 is 10.1 Å². The van der Waals surface area contributed by atoms with E-state index in [0.717, 1.165) is 28.1 Å². The van der Waals surface area contributed by atoms with Crippen molar-refractivity contribution in [2.24, 2.45) is 0 Å². The molecule has 3 rings (SSSR count). The molecule has 0 spiro atoms. The van der Waals surface area contributed by atoms with Crippen molar-refractivity contribution in [2.75, 3.05) is 11.6 Å². The normalized spacial score (nSPS) is 11.3. The van der Waals surface area contributed by atoms with Crippen LogP contribution in [0.3, 0.4) is 0 Å². The van der Waals surface area contributed by atoms with Gasteiger partial charge in [0, 0.05) is 17.3 Å². The number of anilines is 1. The molecule has 8 heteroatoms. The summed E-state index contributed by atoms with van der Waals surface area (Å²) < 4.78 is 29.2. The summed E-state index contributed by atoms with van der Waals surface area (Å²) in [4.78, 5) is 17.0. The van der Waals surface area contributed by atoms with Crippen molar-refractivity contribution in [3.8, 4) is 5.75 Å². The Morgan fingerprint density at radius 2 is 1.86 bits per heavy atom. The molecule has 1 N–H and O–H groups in total. The highest BCUT2D eigenvalue weighted by molar-refractivity contribution is 7.90. The topological polar surface area (TPSA) is 85.4 Å². The predicted octanol–water partition coefficient (Wildman–Crippen LogP) is 3.92. The number of hydrogen-bond acceptors (Lipinski definition) is 6. The van der Waals surface area contributed by atoms with Crippen LogP contribution in [0.5, 0.6) is 5.75 Å². The zero-order valence-corrected chi connectivity index (χ0v) is 18.1. The molecule has 0 bridgehead atoms. The van der Waals surface area contributed by atoms with Gasteiger partial charge in [-0.2, -0.15) is 0 Å². The fourth-order valence-electron chi connectivity index (χ4n) is 2.60. The van der Waals surface area contributed by atoms with Crippen LogP contribution in [0.1, 0.15) is 21.8 Å². The van der Waals surface area contributed by atoms with E-state index in [1.807, 2.05) is 43.5 Å². The summed E-state index contributed by atoms with van der Waals surface area (Å²) in [6.45, 7) is 4.16. The summed E-state index contributed by atoms with van der Waals surface area (Å²) in [5, 5.41) is 5.38. The van der Waals surface area contributed by atoms with Crippen LogP contribution >= 0.6 is 11.3 Å². The van der Waals surface area contributed by atoms with Crippen LogP contribution in [-0.4, -0.2) is 25.6 Å². The van der Waals surface area contributed by atoms with E-state index in [4.69, 9.17) is 4.74 Å². The maximum atomic E-state index is 12.4. The van der Waals surface area contributed by atoms with Crippen molar-refractivity contribution in [1.29, 1.82) is 0 Å². The fraction of sp³-hybridized carbons (Fsp3) is 0.238. The SMILES string of the molecule is Cc1ccc(OCc2nc(CC(=O)Nc3cc(S(C)(=O)=O)ccc3C)cs2)cc1. The highest BCUT2D eigenvalue weighted by Crippen LogP contribution is 2.21. The van der Waals surface area contributed by atoms with Gasteiger partial charge in [-0.05, 0) is 43.7 Å². The van der Waals surface area contributed by atoms with Crippen LogP contribution in [0.4, 0.5) is 5.69 Å². The van der Waals surface area contributed by atoms with Crippen molar-refractivity contribution in [3.63, 3.8) is 0 Å². The first-order valence-electron chi connectivity index (χ1n) is 8.94. The van der Waals surface area contributed by atoms with Gasteiger partial charge in [0.1, 0.15) is 17.4 Å². The predicted molar refractivity (Wildman–Crippen MR) is 114 cm³/mol. The maximum absolute atomic E-state index is 12.4. The number of nitrogens with zero attached hydrogens (tertiary/aromatic N) is 1. The van der Waals surface area contributed by atoms with Gasteiger partial charge in [-0.25, -0.2) is 13.4 Å². The molecule has 0 saturated heterocycles. The quantitative estimate of drug-likeness (QED) is 0.614. The summed E-state index contributed by atoms with van der Waals surface area (Å²) in [6.07, 6.45) is 1.24. The van der Waals surface area contributed by atoms with Crippen LogP contribution in [-0.2, 0) is 27.7 Å². The van der Waals surface area contributed by atoms with E-state index in [0.29, 0.717) is 18.0 Å². The molecule has 0 saturated carbocycles. The Hall–Kier alpha value is -2.71. The van der Waals surface area contributed by atoms with Gasteiger partial charge in [0.25, 0.3) is 0 Å². The fourth-order valence-corrected chi connectivity index (χ4v) is 3.95. The third kappa shape index (κ3) is 5.88. The van der Waals surface area contributed by atoms with Gasteiger partial charge in [0.2, 0.25) is 5.91 Å². The number of sulfone groups is 1. The Balaban J connectivity index is 1.60. The Labute approximate surface area is 174 Å². The highest BCUT2D eigenvalue weighted by Gasteiger charge is 2.13. The molecule has 2 aromatic carbocycles. The highest BCUT2D eigenvalue weighted by atomic mass is 32.2. The third-order valence-corrected chi connectivity index (χ3v) is 6.22. The summed E-state index contributed by atoms with van der Waals surface area (Å²) in [5.74, 6) is 0.515. The van der Waals surface area contributed by atoms with Crippen molar-refractivity contribution in [3.05, 3.63) is 69.7 Å². The van der Waals surface area contributed by atoms with Crippen LogP contribution in [0, 0.1) is 13.8 Å². The van der Waals surface area contributed by atoms with Crippen LogP contribution in [0.2, 0.25) is 0 Å². The molecule has 0 aliphatic carbocycles. The van der Waals surface area contributed by atoms with E-state index in [2.05, 4.69) is 10.3 Å². The minimum absolute atomic E-state index is 0.101. The molecule has 0 fully saturated rings. The average molecular weight is 431 g/mol. The van der Waals surface area contributed by atoms with Crippen LogP contribution in [0.15, 0.2) is 52.7 Å². The summed E-state index contributed by atoms with van der Waals surface area (Å²) >= 11 is 1.43. The van der Waals surface area contributed by atoms with E-state index >= 15 is 0 Å². The second-order valence-electron chi connectivity index (χ2n) is 6.81. The maximum Gasteiger partial charge on any atom is 0.230 e. The lowest BCUT2D eigenvalue weighted by molar-refractivity contribution is -0.115. The van der Waals surface area contributed by atoms with Gasteiger partial charge >= 0.3 is 0 Å². The van der Waals surface area contributed by atoms with Crippen molar-refractivity contribution < 1.29 is 17.9 Å². The Morgan fingerprint density at radius 3 is 2.55 bits per heavy atom. The summed E-state index contributed by atoms with van der Waals surface area (Å²) in [6, 6.07) is 12.5. The number of thiazole rings is 1. The molecule has 0 aliphatic heterocycles. The number of aromatic nitrogens is 1. The van der Waals surface area contributed by atoms with Gasteiger partial charge in [-0.1, -0.05) is 23.8 Å². The van der Waals surface area contributed by atoms with E-state index < -0.39 is 9.84 Å². The van der Waals surface area contributed by atoms with E-state index in [1.54, 1.807) is 6.07 Å². The molecule has 0 radical (unpaired) electrons. The molecule has 6 nitrogen and oxygen atoms in total. The van der Waals surface area contributed by atoms with Gasteiger partial charge in [-0.15, -0.1) is 11.3 Å². The first-order chi connectivity index (χ1) is 13.7. The van der Waals surface area contributed by atoms with E-state index in [9.17, 15) is 13.2 Å². The van der Waals surface area contributed by atoms with Crippen molar-refractivity contribution in [2.45, 2.75) is 31.8 Å². The molecule has 1 aromatic heterocycles. The zero-order valence-electron chi connectivity index (χ0n) is 16.4. The summed E-state index contributed by atoms with van der Waals surface area (Å²) in [5.41, 5.74) is 3.08. The number of rotatable bonds is 7. The number of amides is 1. The molecule has 0 aliphatic rings. The monoisotopic (exact) mass is 430 g/mol. The number of carbonyl (C=O) groups is 1. The zero-order chi connectivity index (χ0) is 21.0. The third-order valence-electron chi connectivity index (χ3n) is 4.24. The number of benzene rings is 2. The average Bonchev–Trinajstić information content (AvgIpc) is 3.09. The van der Waals surface area contributed by atoms with Crippen LogP contribution in [0.25, 0.3) is 0 Å². The minimum Gasteiger partial charge on any atom is -0.486 e. The largest absolute Gasteiger partial charge is 0.486 e. The van der Waals surface area contributed by atoms with E-state index in [1.165, 1.54) is 23.5 Å². The van der Waals surface area contributed by atoms with Gasteiger partial charge in [0.15, 0.2) is 9.84 Å². The molecule has 0 unspecified atom stereocenters. The summed E-state index contributed by atoms with van der Waals surface area (Å²) in [7, 11) is -3.34. The number of ether oxygens (including phenoxy) is 1. The molecule has 1 amide bonds. The van der Waals surface area contributed by atoms with Crippen molar-refractivity contribution >= 4 is 32.8 Å². The lowest BCUT2D eigenvalue weighted by Crippen LogP contribution is -2.16. The number of carbonyl (C=O) groups excluding carboxylic acids is 1. The van der Waals surface area contributed by atoms with E-state index in [-0.39, 0.29) is 17.2 Å². The van der Waals surface area contributed by atoms with Crippen LogP contribution < -0.4 is 10.1 Å². The smallest absolute Gasteiger partial charge is 0.230 e. The molecule has 0 atom stereocenters. The molecular weight excluding hydrogens is 408 g/mol. The first kappa shape index (κ1) is 21.0. The van der Waals surface area contributed by atoms with Gasteiger partial charge in [0.05, 0.1) is 17.0 Å². The Kier molecular flexibility index (Phi) is 6.34. The number of hydrogen-bond donors (Lipinski definition) is 1. The molecule has 1 heterocycles. The van der Waals surface area contributed by atoms with Gasteiger partial charge in [-0.3, -0.25) is 4.79 Å².